The van der Waals surface area contributed by atoms with Crippen molar-refractivity contribution >= 4 is 33.8 Å². The summed E-state index contributed by atoms with van der Waals surface area (Å²) < 4.78 is 23.2. The van der Waals surface area contributed by atoms with E-state index in [9.17, 15) is 14.5 Å². The molecule has 0 amide bonds. The molecule has 3 aromatic rings. The van der Waals surface area contributed by atoms with Crippen LogP contribution in [0.2, 0.25) is 0 Å². The highest BCUT2D eigenvalue weighted by Crippen LogP contribution is 2.40. The number of ether oxygens (including phenoxy) is 1. The van der Waals surface area contributed by atoms with Gasteiger partial charge in [0.1, 0.15) is 11.5 Å². The smallest absolute Gasteiger partial charge is 0.323 e. The number of benzene rings is 2. The first-order valence-electron chi connectivity index (χ1n) is 7.92. The summed E-state index contributed by atoms with van der Waals surface area (Å²) in [7, 11) is 0. The van der Waals surface area contributed by atoms with E-state index in [0.717, 1.165) is 0 Å². The lowest BCUT2D eigenvalue weighted by atomic mass is 10.1. The van der Waals surface area contributed by atoms with Gasteiger partial charge in [0.25, 0.3) is 0 Å². The average molecular weight is 359 g/mol. The van der Waals surface area contributed by atoms with Crippen LogP contribution >= 0.6 is 0 Å². The average Bonchev–Trinajstić information content (AvgIpc) is 3.13. The number of anilines is 3. The topological polar surface area (TPSA) is 107 Å². The third kappa shape index (κ3) is 2.90. The molecule has 2 heterocycles. The van der Waals surface area contributed by atoms with Crippen molar-refractivity contribution in [2.75, 3.05) is 36.5 Å². The Morgan fingerprint density at radius 2 is 1.85 bits per heavy atom. The Morgan fingerprint density at radius 3 is 2.54 bits per heavy atom. The van der Waals surface area contributed by atoms with Crippen LogP contribution in [0.25, 0.3) is 11.0 Å². The maximum absolute atomic E-state index is 13.1. The van der Waals surface area contributed by atoms with Crippen molar-refractivity contribution in [3.63, 3.8) is 0 Å². The first kappa shape index (κ1) is 16.2. The van der Waals surface area contributed by atoms with Crippen molar-refractivity contribution in [2.45, 2.75) is 0 Å². The van der Waals surface area contributed by atoms with Gasteiger partial charge in [-0.05, 0) is 40.6 Å². The van der Waals surface area contributed by atoms with Crippen LogP contribution in [0.3, 0.4) is 0 Å². The predicted molar refractivity (Wildman–Crippen MR) is 91.2 cm³/mol. The Kier molecular flexibility index (Phi) is 4.09. The molecule has 10 heteroatoms. The highest BCUT2D eigenvalue weighted by molar-refractivity contribution is 6.00. The fourth-order valence-electron chi connectivity index (χ4n) is 2.92. The zero-order valence-electron chi connectivity index (χ0n) is 13.5. The molecule has 26 heavy (non-hydrogen) atoms. The van der Waals surface area contributed by atoms with Gasteiger partial charge in [0.2, 0.25) is 5.52 Å². The lowest BCUT2D eigenvalue weighted by Gasteiger charge is -2.28. The van der Waals surface area contributed by atoms with Crippen molar-refractivity contribution in [3.8, 4) is 0 Å². The molecule has 1 fully saturated rings. The zero-order chi connectivity index (χ0) is 18.1. The monoisotopic (exact) mass is 359 g/mol. The Hall–Kier alpha value is -3.27. The fraction of sp³-hybridized carbons (Fsp3) is 0.250. The van der Waals surface area contributed by atoms with E-state index in [1.165, 1.54) is 12.1 Å². The molecule has 1 N–H and O–H groups in total. The van der Waals surface area contributed by atoms with Crippen LogP contribution in [-0.4, -0.2) is 41.5 Å². The molecule has 4 rings (SSSR count). The Labute approximate surface area is 146 Å². The summed E-state index contributed by atoms with van der Waals surface area (Å²) in [5.41, 5.74) is 1.64. The molecule has 1 aliphatic heterocycles. The van der Waals surface area contributed by atoms with Crippen LogP contribution in [0.4, 0.5) is 27.1 Å². The number of rotatable bonds is 4. The predicted octanol–water partition coefficient (Wildman–Crippen LogP) is 2.85. The van der Waals surface area contributed by atoms with E-state index in [1.807, 2.05) is 4.90 Å². The van der Waals surface area contributed by atoms with E-state index in [1.54, 1.807) is 18.2 Å². The van der Waals surface area contributed by atoms with Crippen molar-refractivity contribution < 1.29 is 18.7 Å². The van der Waals surface area contributed by atoms with Crippen LogP contribution in [0, 0.1) is 15.9 Å². The molecule has 9 nitrogen and oxygen atoms in total. The Bertz CT molecular complexity index is 953. The van der Waals surface area contributed by atoms with Crippen LogP contribution in [0.5, 0.6) is 0 Å². The third-order valence-electron chi connectivity index (χ3n) is 4.15. The van der Waals surface area contributed by atoms with Crippen LogP contribution in [0.1, 0.15) is 0 Å². The maximum atomic E-state index is 13.1. The van der Waals surface area contributed by atoms with Crippen molar-refractivity contribution in [1.82, 2.24) is 10.3 Å². The molecule has 1 saturated heterocycles. The SMILES string of the molecule is O=[N+]([O-])c1c(N2CCOCC2)cc(Nc2ccc(F)cc2)c2nonc12. The maximum Gasteiger partial charge on any atom is 0.323 e. The lowest BCUT2D eigenvalue weighted by molar-refractivity contribution is -0.382. The normalized spacial score (nSPS) is 14.6. The van der Waals surface area contributed by atoms with E-state index in [0.29, 0.717) is 43.4 Å². The van der Waals surface area contributed by atoms with Gasteiger partial charge < -0.3 is 15.0 Å². The number of halogens is 1. The minimum Gasteiger partial charge on any atom is -0.378 e. The van der Waals surface area contributed by atoms with E-state index in [-0.39, 0.29) is 22.5 Å². The molecule has 0 unspecified atom stereocenters. The fourth-order valence-corrected chi connectivity index (χ4v) is 2.92. The van der Waals surface area contributed by atoms with Gasteiger partial charge in [-0.1, -0.05) is 0 Å². The molecule has 1 aliphatic rings. The second kappa shape index (κ2) is 6.56. The Morgan fingerprint density at radius 1 is 1.15 bits per heavy atom. The molecular weight excluding hydrogens is 345 g/mol. The number of nitrogens with zero attached hydrogens (tertiary/aromatic N) is 4. The van der Waals surface area contributed by atoms with E-state index >= 15 is 0 Å². The van der Waals surface area contributed by atoms with Crippen LogP contribution in [0.15, 0.2) is 35.0 Å². The molecule has 0 saturated carbocycles. The van der Waals surface area contributed by atoms with Crippen molar-refractivity contribution in [3.05, 3.63) is 46.3 Å². The lowest BCUT2D eigenvalue weighted by Crippen LogP contribution is -2.36. The van der Waals surface area contributed by atoms with Crippen LogP contribution in [-0.2, 0) is 4.74 Å². The van der Waals surface area contributed by atoms with E-state index in [2.05, 4.69) is 15.6 Å². The summed E-state index contributed by atoms with van der Waals surface area (Å²) in [5, 5.41) is 22.3. The van der Waals surface area contributed by atoms with Gasteiger partial charge in [-0.15, -0.1) is 0 Å². The largest absolute Gasteiger partial charge is 0.378 e. The molecule has 134 valence electrons. The highest BCUT2D eigenvalue weighted by Gasteiger charge is 2.29. The number of hydrogen-bond donors (Lipinski definition) is 1. The van der Waals surface area contributed by atoms with Gasteiger partial charge in [0.15, 0.2) is 5.52 Å². The third-order valence-corrected chi connectivity index (χ3v) is 4.15. The number of fused-ring (bicyclic) bond motifs is 1. The molecule has 0 atom stereocenters. The number of nitrogens with one attached hydrogen (secondary N) is 1. The van der Waals surface area contributed by atoms with Crippen molar-refractivity contribution in [1.29, 1.82) is 0 Å². The summed E-state index contributed by atoms with van der Waals surface area (Å²) in [6, 6.07) is 7.39. The summed E-state index contributed by atoms with van der Waals surface area (Å²) in [4.78, 5) is 13.0. The van der Waals surface area contributed by atoms with Gasteiger partial charge in [0, 0.05) is 18.8 Å². The molecule has 0 radical (unpaired) electrons. The number of nitro groups is 1. The molecule has 2 aromatic carbocycles. The second-order valence-electron chi connectivity index (χ2n) is 5.74. The first-order valence-corrected chi connectivity index (χ1v) is 7.92. The molecule has 0 aliphatic carbocycles. The first-order chi connectivity index (χ1) is 12.6. The quantitative estimate of drug-likeness (QED) is 0.560. The highest BCUT2D eigenvalue weighted by atomic mass is 19.1. The van der Waals surface area contributed by atoms with E-state index < -0.39 is 4.92 Å². The number of morpholine rings is 1. The number of nitro benzene ring substituents is 1. The van der Waals surface area contributed by atoms with Gasteiger partial charge >= 0.3 is 5.69 Å². The summed E-state index contributed by atoms with van der Waals surface area (Å²) >= 11 is 0. The van der Waals surface area contributed by atoms with Gasteiger partial charge in [-0.2, -0.15) is 0 Å². The van der Waals surface area contributed by atoms with Gasteiger partial charge in [-0.3, -0.25) is 10.1 Å². The zero-order valence-corrected chi connectivity index (χ0v) is 13.5. The van der Waals surface area contributed by atoms with E-state index in [4.69, 9.17) is 9.37 Å². The summed E-state index contributed by atoms with van der Waals surface area (Å²) in [6.07, 6.45) is 0. The van der Waals surface area contributed by atoms with Crippen molar-refractivity contribution in [2.24, 2.45) is 0 Å². The number of aromatic nitrogens is 2. The minimum atomic E-state index is -0.487. The second-order valence-corrected chi connectivity index (χ2v) is 5.74. The molecule has 1 aromatic heterocycles. The van der Waals surface area contributed by atoms with Gasteiger partial charge in [-0.25, -0.2) is 9.02 Å². The minimum absolute atomic E-state index is 0.0589. The molecular formula is C16H14FN5O4. The molecule has 0 bridgehead atoms. The Balaban J connectivity index is 1.84. The van der Waals surface area contributed by atoms with Crippen LogP contribution < -0.4 is 10.2 Å². The van der Waals surface area contributed by atoms with Gasteiger partial charge in [0.05, 0.1) is 23.8 Å². The standard InChI is InChI=1S/C16H14FN5O4/c17-10-1-3-11(4-2-10)18-12-9-13(21-5-7-25-8-6-21)16(22(23)24)15-14(12)19-26-20-15/h1-4,9,18H,5-8H2. The summed E-state index contributed by atoms with van der Waals surface area (Å²) in [5.74, 6) is -0.360. The number of hydrogen-bond acceptors (Lipinski definition) is 8. The summed E-state index contributed by atoms with van der Waals surface area (Å²) in [6.45, 7) is 2.00. The molecule has 0 spiro atoms.